The summed E-state index contributed by atoms with van der Waals surface area (Å²) >= 11 is 0. The molecule has 21 heavy (non-hydrogen) atoms. The Morgan fingerprint density at radius 3 is 2.57 bits per heavy atom. The minimum Gasteiger partial charge on any atom is -0.468 e. The Labute approximate surface area is 128 Å². The molecule has 5 heteroatoms. The molecule has 0 radical (unpaired) electrons. The van der Waals surface area contributed by atoms with Crippen molar-refractivity contribution in [3.05, 3.63) is 0 Å². The van der Waals surface area contributed by atoms with Crippen LogP contribution in [0.15, 0.2) is 0 Å². The number of aliphatic hydroxyl groups excluding tert-OH is 1. The average Bonchev–Trinajstić information content (AvgIpc) is 2.49. The van der Waals surface area contributed by atoms with Crippen LogP contribution < -0.4 is 0 Å². The van der Waals surface area contributed by atoms with Crippen molar-refractivity contribution in [3.8, 4) is 0 Å². The Balaban J connectivity index is 1.79. The maximum absolute atomic E-state index is 11.8. The van der Waals surface area contributed by atoms with E-state index in [0.29, 0.717) is 6.54 Å². The number of esters is 1. The maximum atomic E-state index is 11.8. The summed E-state index contributed by atoms with van der Waals surface area (Å²) in [6, 6.07) is -0.167. The number of likely N-dealkylation sites (tertiary alicyclic amines) is 2. The first kappa shape index (κ1) is 16.7. The Bertz CT molecular complexity index is 329. The van der Waals surface area contributed by atoms with Crippen molar-refractivity contribution in [2.75, 3.05) is 39.8 Å². The minimum absolute atomic E-state index is 0.159. The molecule has 0 aromatic heterocycles. The number of hydrogen-bond acceptors (Lipinski definition) is 5. The number of piperidine rings is 2. The van der Waals surface area contributed by atoms with Gasteiger partial charge in [-0.1, -0.05) is 13.3 Å². The van der Waals surface area contributed by atoms with Crippen LogP contribution in [0, 0.1) is 5.92 Å². The summed E-state index contributed by atoms with van der Waals surface area (Å²) in [6.45, 7) is 6.64. The molecule has 1 unspecified atom stereocenters. The minimum atomic E-state index is -0.385. The lowest BCUT2D eigenvalue weighted by Gasteiger charge is -2.37. The first-order chi connectivity index (χ1) is 10.1. The highest BCUT2D eigenvalue weighted by atomic mass is 16.5. The quantitative estimate of drug-likeness (QED) is 0.771. The molecule has 2 heterocycles. The van der Waals surface area contributed by atoms with Gasteiger partial charge in [0.05, 0.1) is 13.2 Å². The zero-order valence-electron chi connectivity index (χ0n) is 13.5. The van der Waals surface area contributed by atoms with Gasteiger partial charge in [-0.2, -0.15) is 0 Å². The summed E-state index contributed by atoms with van der Waals surface area (Å²) in [7, 11) is 1.44. The van der Waals surface area contributed by atoms with Crippen LogP contribution in [-0.2, 0) is 9.53 Å². The van der Waals surface area contributed by atoms with Crippen molar-refractivity contribution >= 4 is 5.97 Å². The molecule has 122 valence electrons. The van der Waals surface area contributed by atoms with Gasteiger partial charge in [0.15, 0.2) is 0 Å². The van der Waals surface area contributed by atoms with E-state index in [2.05, 4.69) is 16.7 Å². The Kier molecular flexibility index (Phi) is 6.45. The third-order valence-corrected chi connectivity index (χ3v) is 4.88. The number of methoxy groups -OCH3 is 1. The molecular weight excluding hydrogens is 268 g/mol. The highest BCUT2D eigenvalue weighted by molar-refractivity contribution is 5.75. The van der Waals surface area contributed by atoms with Crippen molar-refractivity contribution < 1.29 is 14.6 Å². The molecule has 1 N–H and O–H groups in total. The van der Waals surface area contributed by atoms with E-state index in [1.165, 1.54) is 20.0 Å². The van der Waals surface area contributed by atoms with Crippen LogP contribution >= 0.6 is 0 Å². The molecule has 2 aliphatic heterocycles. The van der Waals surface area contributed by atoms with Crippen LogP contribution in [0.3, 0.4) is 0 Å². The third kappa shape index (κ3) is 4.94. The highest BCUT2D eigenvalue weighted by Crippen LogP contribution is 2.20. The van der Waals surface area contributed by atoms with Gasteiger partial charge in [0.2, 0.25) is 0 Å². The SMILES string of the molecule is COC(=O)[C@H]1CCCCN1CC(O)CN1CCC(C)CC1. The number of hydrogen-bond donors (Lipinski definition) is 1. The van der Waals surface area contributed by atoms with E-state index < -0.39 is 0 Å². The van der Waals surface area contributed by atoms with Gasteiger partial charge < -0.3 is 14.7 Å². The van der Waals surface area contributed by atoms with Gasteiger partial charge in [0.25, 0.3) is 0 Å². The predicted molar refractivity (Wildman–Crippen MR) is 82.1 cm³/mol. The first-order valence-corrected chi connectivity index (χ1v) is 8.32. The van der Waals surface area contributed by atoms with Gasteiger partial charge in [-0.15, -0.1) is 0 Å². The van der Waals surface area contributed by atoms with E-state index in [0.717, 1.165) is 51.4 Å². The number of rotatable bonds is 5. The van der Waals surface area contributed by atoms with Crippen molar-refractivity contribution in [2.45, 2.75) is 51.2 Å². The fourth-order valence-electron chi connectivity index (χ4n) is 3.48. The Morgan fingerprint density at radius 1 is 1.19 bits per heavy atom. The lowest BCUT2D eigenvalue weighted by Crippen LogP contribution is -2.50. The van der Waals surface area contributed by atoms with Crippen LogP contribution in [0.2, 0.25) is 0 Å². The summed E-state index contributed by atoms with van der Waals surface area (Å²) in [5.74, 6) is 0.651. The highest BCUT2D eigenvalue weighted by Gasteiger charge is 2.31. The molecule has 2 aliphatic rings. The molecule has 0 aromatic carbocycles. The Hall–Kier alpha value is -0.650. The van der Waals surface area contributed by atoms with Crippen molar-refractivity contribution in [1.29, 1.82) is 0 Å². The summed E-state index contributed by atoms with van der Waals surface area (Å²) in [4.78, 5) is 16.3. The van der Waals surface area contributed by atoms with E-state index in [1.54, 1.807) is 0 Å². The van der Waals surface area contributed by atoms with Crippen molar-refractivity contribution in [1.82, 2.24) is 9.80 Å². The molecule has 5 nitrogen and oxygen atoms in total. The number of ether oxygens (including phenoxy) is 1. The number of nitrogens with zero attached hydrogens (tertiary/aromatic N) is 2. The van der Waals surface area contributed by atoms with E-state index >= 15 is 0 Å². The first-order valence-electron chi connectivity index (χ1n) is 8.32. The molecule has 2 fully saturated rings. The van der Waals surface area contributed by atoms with Gasteiger partial charge in [0.1, 0.15) is 6.04 Å². The molecule has 2 atom stereocenters. The topological polar surface area (TPSA) is 53.0 Å². The van der Waals surface area contributed by atoms with Gasteiger partial charge in [-0.05, 0) is 51.2 Å². The molecule has 0 bridgehead atoms. The normalized spacial score (nSPS) is 27.5. The van der Waals surface area contributed by atoms with E-state index in [1.807, 2.05) is 0 Å². The second-order valence-corrected chi connectivity index (χ2v) is 6.67. The van der Waals surface area contributed by atoms with Gasteiger partial charge in [-0.3, -0.25) is 9.69 Å². The standard InChI is InChI=1S/C16H30N2O3/c1-13-6-9-17(10-7-13)11-14(19)12-18-8-4-3-5-15(18)16(20)21-2/h13-15,19H,3-12H2,1-2H3/t14?,15-/m1/s1. The lowest BCUT2D eigenvalue weighted by molar-refractivity contribution is -0.149. The smallest absolute Gasteiger partial charge is 0.323 e. The fourth-order valence-corrected chi connectivity index (χ4v) is 3.48. The number of carbonyl (C=O) groups excluding carboxylic acids is 1. The molecule has 0 amide bonds. The van der Waals surface area contributed by atoms with Crippen LogP contribution in [0.1, 0.15) is 39.0 Å². The average molecular weight is 298 g/mol. The van der Waals surface area contributed by atoms with Crippen molar-refractivity contribution in [2.24, 2.45) is 5.92 Å². The summed E-state index contributed by atoms with van der Waals surface area (Å²) < 4.78 is 4.89. The van der Waals surface area contributed by atoms with Gasteiger partial charge in [0, 0.05) is 13.1 Å². The molecule has 2 saturated heterocycles. The Morgan fingerprint density at radius 2 is 1.90 bits per heavy atom. The van der Waals surface area contributed by atoms with Crippen LogP contribution in [0.25, 0.3) is 0 Å². The fraction of sp³-hybridized carbons (Fsp3) is 0.938. The predicted octanol–water partition coefficient (Wildman–Crippen LogP) is 1.11. The monoisotopic (exact) mass is 298 g/mol. The second kappa shape index (κ2) is 8.11. The second-order valence-electron chi connectivity index (χ2n) is 6.67. The summed E-state index contributed by atoms with van der Waals surface area (Å²) in [6.07, 6.45) is 5.07. The zero-order valence-corrected chi connectivity index (χ0v) is 13.5. The summed E-state index contributed by atoms with van der Waals surface area (Å²) in [5, 5.41) is 10.4. The molecule has 2 rings (SSSR count). The lowest BCUT2D eigenvalue weighted by atomic mass is 9.98. The van der Waals surface area contributed by atoms with E-state index in [9.17, 15) is 9.90 Å². The van der Waals surface area contributed by atoms with E-state index in [4.69, 9.17) is 4.74 Å². The number of carbonyl (C=O) groups is 1. The number of aliphatic hydroxyl groups is 1. The third-order valence-electron chi connectivity index (χ3n) is 4.88. The van der Waals surface area contributed by atoms with Crippen LogP contribution in [0.4, 0.5) is 0 Å². The molecule has 0 aliphatic carbocycles. The maximum Gasteiger partial charge on any atom is 0.323 e. The molecule has 0 saturated carbocycles. The molecular formula is C16H30N2O3. The van der Waals surface area contributed by atoms with Crippen LogP contribution in [0.5, 0.6) is 0 Å². The van der Waals surface area contributed by atoms with Crippen LogP contribution in [-0.4, -0.2) is 72.9 Å². The molecule has 0 spiro atoms. The van der Waals surface area contributed by atoms with E-state index in [-0.39, 0.29) is 18.1 Å². The molecule has 0 aromatic rings. The largest absolute Gasteiger partial charge is 0.468 e. The van der Waals surface area contributed by atoms with Crippen molar-refractivity contribution in [3.63, 3.8) is 0 Å². The van der Waals surface area contributed by atoms with Gasteiger partial charge in [-0.25, -0.2) is 0 Å². The zero-order chi connectivity index (χ0) is 15.2. The number of β-amino-alcohol motifs (C(OH)–C–C–N with tert-alkyl or cyclic N) is 1. The summed E-state index contributed by atoms with van der Waals surface area (Å²) in [5.41, 5.74) is 0. The van der Waals surface area contributed by atoms with Gasteiger partial charge >= 0.3 is 5.97 Å².